The van der Waals surface area contributed by atoms with E-state index in [1.54, 1.807) is 18.5 Å². The molecule has 0 aromatic carbocycles. The Hall–Kier alpha value is -1.03. The highest BCUT2D eigenvalue weighted by Gasteiger charge is 2.29. The van der Waals surface area contributed by atoms with Gasteiger partial charge in [-0.2, -0.15) is 0 Å². The zero-order chi connectivity index (χ0) is 8.39. The average molecular weight is 167 g/mol. The molecule has 2 rings (SSSR count). The Balaban J connectivity index is 2.08. The third-order valence-corrected chi connectivity index (χ3v) is 2.06. The van der Waals surface area contributed by atoms with E-state index in [4.69, 9.17) is 0 Å². The van der Waals surface area contributed by atoms with E-state index in [9.17, 15) is 4.39 Å². The van der Waals surface area contributed by atoms with Crippen molar-refractivity contribution in [3.8, 4) is 0 Å². The van der Waals surface area contributed by atoms with Crippen LogP contribution in [0.3, 0.4) is 0 Å². The monoisotopic (exact) mass is 167 g/mol. The lowest BCUT2D eigenvalue weighted by Gasteiger charge is -2.28. The maximum atomic E-state index is 13.4. The van der Waals surface area contributed by atoms with Crippen LogP contribution in [0.4, 0.5) is 4.39 Å². The van der Waals surface area contributed by atoms with E-state index >= 15 is 0 Å². The Morgan fingerprint density at radius 1 is 1.42 bits per heavy atom. The van der Waals surface area contributed by atoms with Gasteiger partial charge in [0.25, 0.3) is 0 Å². The van der Waals surface area contributed by atoms with E-state index in [0.717, 1.165) is 13.1 Å². The Morgan fingerprint density at radius 2 is 2.08 bits per heavy atom. The number of nitrogens with zero attached hydrogens (tertiary/aromatic N) is 2. The average Bonchev–Trinajstić information content (AvgIpc) is 2.03. The molecule has 4 heteroatoms. The molecule has 1 N–H and O–H groups in total. The maximum Gasteiger partial charge on any atom is 0.165 e. The van der Waals surface area contributed by atoms with Crippen molar-refractivity contribution < 1.29 is 4.39 Å². The van der Waals surface area contributed by atoms with Gasteiger partial charge in [0.15, 0.2) is 12.0 Å². The number of halogens is 1. The highest BCUT2D eigenvalue weighted by Crippen LogP contribution is 2.25. The number of hydrogen-bond acceptors (Lipinski definition) is 3. The summed E-state index contributed by atoms with van der Waals surface area (Å²) in [5, 5.41) is 3.02. The van der Waals surface area contributed by atoms with Crippen LogP contribution in [0, 0.1) is 5.92 Å². The van der Waals surface area contributed by atoms with Crippen LogP contribution in [0.25, 0.3) is 0 Å². The van der Waals surface area contributed by atoms with Gasteiger partial charge in [0.05, 0.1) is 0 Å². The molecule has 2 heterocycles. The molecule has 1 aromatic rings. The molecule has 12 heavy (non-hydrogen) atoms. The van der Waals surface area contributed by atoms with Gasteiger partial charge >= 0.3 is 0 Å². The van der Waals surface area contributed by atoms with Crippen LogP contribution < -0.4 is 5.32 Å². The molecule has 0 amide bonds. The van der Waals surface area contributed by atoms with Crippen LogP contribution in [0.1, 0.15) is 12.0 Å². The van der Waals surface area contributed by atoms with Gasteiger partial charge in [-0.25, -0.2) is 14.4 Å². The summed E-state index contributed by atoms with van der Waals surface area (Å²) in [6.07, 6.45) is 2.13. The van der Waals surface area contributed by atoms with Crippen molar-refractivity contribution in [2.24, 2.45) is 5.92 Å². The fourth-order valence-electron chi connectivity index (χ4n) is 1.18. The zero-order valence-electron chi connectivity index (χ0n) is 6.57. The standard InChI is InChI=1S/C8H10FN3/c9-7(6-4-10-5-6)8-11-2-1-3-12-8/h1-3,6-7,10H,4-5H2. The topological polar surface area (TPSA) is 37.8 Å². The van der Waals surface area contributed by atoms with Crippen LogP contribution >= 0.6 is 0 Å². The highest BCUT2D eigenvalue weighted by atomic mass is 19.1. The first-order chi connectivity index (χ1) is 5.88. The molecular weight excluding hydrogens is 157 g/mol. The predicted molar refractivity (Wildman–Crippen MR) is 42.2 cm³/mol. The van der Waals surface area contributed by atoms with Crippen LogP contribution in [-0.4, -0.2) is 23.1 Å². The molecule has 0 aliphatic carbocycles. The van der Waals surface area contributed by atoms with Crippen molar-refractivity contribution >= 4 is 0 Å². The Bertz CT molecular complexity index is 248. The van der Waals surface area contributed by atoms with E-state index in [1.807, 2.05) is 0 Å². The van der Waals surface area contributed by atoms with Gasteiger partial charge in [0.2, 0.25) is 0 Å². The van der Waals surface area contributed by atoms with Crippen molar-refractivity contribution in [1.82, 2.24) is 15.3 Å². The van der Waals surface area contributed by atoms with Gasteiger partial charge in [0, 0.05) is 31.4 Å². The minimum atomic E-state index is -1.01. The zero-order valence-corrected chi connectivity index (χ0v) is 6.57. The smallest absolute Gasteiger partial charge is 0.165 e. The predicted octanol–water partition coefficient (Wildman–Crippen LogP) is 0.707. The second-order valence-electron chi connectivity index (χ2n) is 2.93. The van der Waals surface area contributed by atoms with Gasteiger partial charge in [-0.1, -0.05) is 0 Å². The summed E-state index contributed by atoms with van der Waals surface area (Å²) in [6, 6.07) is 1.69. The number of aromatic nitrogens is 2. The molecule has 1 fully saturated rings. The molecule has 64 valence electrons. The molecular formula is C8H10FN3. The minimum Gasteiger partial charge on any atom is -0.316 e. The van der Waals surface area contributed by atoms with Crippen molar-refractivity contribution in [2.45, 2.75) is 6.17 Å². The minimum absolute atomic E-state index is 0.0624. The first kappa shape index (κ1) is 7.61. The summed E-state index contributed by atoms with van der Waals surface area (Å²) < 4.78 is 13.4. The second kappa shape index (κ2) is 3.15. The lowest BCUT2D eigenvalue weighted by atomic mass is 9.97. The fourth-order valence-corrected chi connectivity index (χ4v) is 1.18. The molecule has 0 saturated carbocycles. The first-order valence-corrected chi connectivity index (χ1v) is 3.99. The Morgan fingerprint density at radius 3 is 2.58 bits per heavy atom. The van der Waals surface area contributed by atoms with Gasteiger partial charge in [0.1, 0.15) is 0 Å². The normalized spacial score (nSPS) is 20.1. The Labute approximate surface area is 70.0 Å². The highest BCUT2D eigenvalue weighted by molar-refractivity contribution is 4.98. The van der Waals surface area contributed by atoms with Gasteiger partial charge in [-0.3, -0.25) is 0 Å². The van der Waals surface area contributed by atoms with Gasteiger partial charge in [-0.15, -0.1) is 0 Å². The van der Waals surface area contributed by atoms with Crippen molar-refractivity contribution in [3.63, 3.8) is 0 Å². The van der Waals surface area contributed by atoms with E-state index in [-0.39, 0.29) is 5.92 Å². The van der Waals surface area contributed by atoms with E-state index in [1.165, 1.54) is 0 Å². The number of rotatable bonds is 2. The molecule has 1 aliphatic heterocycles. The number of alkyl halides is 1. The molecule has 1 aromatic heterocycles. The largest absolute Gasteiger partial charge is 0.316 e. The molecule has 1 atom stereocenters. The molecule has 1 saturated heterocycles. The Kier molecular flexibility index (Phi) is 1.99. The third kappa shape index (κ3) is 1.30. The number of hydrogen-bond donors (Lipinski definition) is 1. The SMILES string of the molecule is FC(c1ncccn1)C1CNC1. The van der Waals surface area contributed by atoms with Crippen LogP contribution in [0.2, 0.25) is 0 Å². The van der Waals surface area contributed by atoms with Crippen LogP contribution in [0.15, 0.2) is 18.5 Å². The lowest BCUT2D eigenvalue weighted by molar-refractivity contribution is 0.162. The third-order valence-electron chi connectivity index (χ3n) is 2.06. The second-order valence-corrected chi connectivity index (χ2v) is 2.93. The molecule has 0 radical (unpaired) electrons. The fraction of sp³-hybridized carbons (Fsp3) is 0.500. The van der Waals surface area contributed by atoms with E-state index in [0.29, 0.717) is 5.82 Å². The summed E-state index contributed by atoms with van der Waals surface area (Å²) in [5.41, 5.74) is 0. The lowest BCUT2D eigenvalue weighted by Crippen LogP contribution is -2.44. The molecule has 0 spiro atoms. The number of nitrogens with one attached hydrogen (secondary N) is 1. The summed E-state index contributed by atoms with van der Waals surface area (Å²) in [4.78, 5) is 7.74. The first-order valence-electron chi connectivity index (χ1n) is 3.99. The molecule has 1 unspecified atom stereocenters. The van der Waals surface area contributed by atoms with Crippen LogP contribution in [-0.2, 0) is 0 Å². The van der Waals surface area contributed by atoms with Crippen molar-refractivity contribution in [1.29, 1.82) is 0 Å². The molecule has 3 nitrogen and oxygen atoms in total. The van der Waals surface area contributed by atoms with Crippen molar-refractivity contribution in [3.05, 3.63) is 24.3 Å². The quantitative estimate of drug-likeness (QED) is 0.704. The maximum absolute atomic E-state index is 13.4. The molecule has 1 aliphatic rings. The van der Waals surface area contributed by atoms with Gasteiger partial charge in [-0.05, 0) is 6.07 Å². The summed E-state index contributed by atoms with van der Waals surface area (Å²) in [5.74, 6) is 0.372. The summed E-state index contributed by atoms with van der Waals surface area (Å²) in [7, 11) is 0. The van der Waals surface area contributed by atoms with Crippen molar-refractivity contribution in [2.75, 3.05) is 13.1 Å². The van der Waals surface area contributed by atoms with E-state index in [2.05, 4.69) is 15.3 Å². The van der Waals surface area contributed by atoms with Crippen LogP contribution in [0.5, 0.6) is 0 Å². The van der Waals surface area contributed by atoms with Gasteiger partial charge < -0.3 is 5.32 Å². The van der Waals surface area contributed by atoms with E-state index < -0.39 is 6.17 Å². The summed E-state index contributed by atoms with van der Waals surface area (Å²) in [6.45, 7) is 1.47. The molecule has 0 bridgehead atoms. The summed E-state index contributed by atoms with van der Waals surface area (Å²) >= 11 is 0.